The molecule has 2 rings (SSSR count). The first-order valence-electron chi connectivity index (χ1n) is 3.58. The molecule has 3 nitrogen and oxygen atoms in total. The maximum atomic E-state index is 5.43. The average molecular weight is 138 g/mol. The summed E-state index contributed by atoms with van der Waals surface area (Å²) < 4.78 is 5.43. The quantitative estimate of drug-likeness (QED) is 0.634. The maximum Gasteiger partial charge on any atom is 0.0989 e. The van der Waals surface area contributed by atoms with Gasteiger partial charge >= 0.3 is 0 Å². The molecule has 0 aromatic carbocycles. The summed E-state index contributed by atoms with van der Waals surface area (Å²) in [5.41, 5.74) is 1.11. The second-order valence-electron chi connectivity index (χ2n) is 2.51. The Balaban J connectivity index is 2.12. The lowest BCUT2D eigenvalue weighted by atomic mass is 10.2. The molecule has 3 heteroatoms. The van der Waals surface area contributed by atoms with Crippen LogP contribution in [0, 0.1) is 0 Å². The zero-order valence-corrected chi connectivity index (χ0v) is 5.71. The Hall–Kier alpha value is -0.830. The topological polar surface area (TPSA) is 37.9 Å². The molecule has 54 valence electrons. The zero-order chi connectivity index (χ0) is 6.81. The summed E-state index contributed by atoms with van der Waals surface area (Å²) in [6.45, 7) is 0.893. The van der Waals surface area contributed by atoms with Crippen molar-refractivity contribution in [2.24, 2.45) is 0 Å². The Morgan fingerprint density at radius 1 is 1.70 bits per heavy atom. The minimum Gasteiger partial charge on any atom is -0.372 e. The van der Waals surface area contributed by atoms with Gasteiger partial charge in [0, 0.05) is 12.8 Å². The van der Waals surface area contributed by atoms with Crippen LogP contribution in [0.25, 0.3) is 0 Å². The number of ether oxygens (including phenoxy) is 1. The Kier molecular flexibility index (Phi) is 1.43. The number of hydrogen-bond donors (Lipinski definition) is 1. The van der Waals surface area contributed by atoms with Crippen molar-refractivity contribution in [1.82, 2.24) is 10.2 Å². The van der Waals surface area contributed by atoms with Gasteiger partial charge in [-0.2, -0.15) is 5.10 Å². The summed E-state index contributed by atoms with van der Waals surface area (Å²) >= 11 is 0. The van der Waals surface area contributed by atoms with Gasteiger partial charge in [-0.1, -0.05) is 0 Å². The first-order valence-corrected chi connectivity index (χ1v) is 3.58. The molecule has 0 aliphatic carbocycles. The van der Waals surface area contributed by atoms with Crippen LogP contribution >= 0.6 is 0 Å². The van der Waals surface area contributed by atoms with E-state index in [-0.39, 0.29) is 6.10 Å². The first-order chi connectivity index (χ1) is 4.97. The molecule has 0 radical (unpaired) electrons. The second kappa shape index (κ2) is 2.42. The van der Waals surface area contributed by atoms with Crippen molar-refractivity contribution < 1.29 is 4.74 Å². The fraction of sp³-hybridized carbons (Fsp3) is 0.571. The van der Waals surface area contributed by atoms with E-state index in [0.717, 1.165) is 18.7 Å². The van der Waals surface area contributed by atoms with Crippen LogP contribution < -0.4 is 0 Å². The number of aromatic amines is 1. The van der Waals surface area contributed by atoms with E-state index in [2.05, 4.69) is 10.2 Å². The third kappa shape index (κ3) is 0.926. The minimum atomic E-state index is 0.280. The SMILES string of the molecule is c1cc([C@@H]2CCCO2)[nH]n1. The van der Waals surface area contributed by atoms with Gasteiger partial charge in [0.25, 0.3) is 0 Å². The van der Waals surface area contributed by atoms with Crippen LogP contribution in [-0.4, -0.2) is 16.8 Å². The van der Waals surface area contributed by atoms with Gasteiger partial charge in [-0.15, -0.1) is 0 Å². The van der Waals surface area contributed by atoms with Crippen LogP contribution in [-0.2, 0) is 4.74 Å². The zero-order valence-electron chi connectivity index (χ0n) is 5.71. The molecule has 10 heavy (non-hydrogen) atoms. The molecule has 0 amide bonds. The van der Waals surface area contributed by atoms with Crippen LogP contribution in [0.4, 0.5) is 0 Å². The van der Waals surface area contributed by atoms with Gasteiger partial charge in [0.15, 0.2) is 0 Å². The molecule has 0 unspecified atom stereocenters. The molecule has 1 N–H and O–H groups in total. The van der Waals surface area contributed by atoms with Crippen molar-refractivity contribution in [2.45, 2.75) is 18.9 Å². The summed E-state index contributed by atoms with van der Waals surface area (Å²) in [5, 5.41) is 6.77. The Labute approximate surface area is 59.4 Å². The summed E-state index contributed by atoms with van der Waals surface area (Å²) in [5.74, 6) is 0. The summed E-state index contributed by atoms with van der Waals surface area (Å²) in [4.78, 5) is 0. The van der Waals surface area contributed by atoms with E-state index in [4.69, 9.17) is 4.74 Å². The van der Waals surface area contributed by atoms with Crippen molar-refractivity contribution in [3.8, 4) is 0 Å². The molecule has 0 spiro atoms. The molecule has 0 saturated carbocycles. The highest BCUT2D eigenvalue weighted by Gasteiger charge is 2.17. The molecule has 1 aromatic rings. The minimum absolute atomic E-state index is 0.280. The lowest BCUT2D eigenvalue weighted by Crippen LogP contribution is -1.95. The second-order valence-corrected chi connectivity index (χ2v) is 2.51. The van der Waals surface area contributed by atoms with Crippen LogP contribution in [0.1, 0.15) is 24.6 Å². The molecular weight excluding hydrogens is 128 g/mol. The largest absolute Gasteiger partial charge is 0.372 e. The van der Waals surface area contributed by atoms with Gasteiger partial charge in [0.1, 0.15) is 0 Å². The molecule has 1 fully saturated rings. The summed E-state index contributed by atoms with van der Waals surface area (Å²) in [7, 11) is 0. The van der Waals surface area contributed by atoms with Crippen molar-refractivity contribution in [1.29, 1.82) is 0 Å². The van der Waals surface area contributed by atoms with Crippen molar-refractivity contribution in [2.75, 3.05) is 6.61 Å². The highest BCUT2D eigenvalue weighted by Crippen LogP contribution is 2.26. The highest BCUT2D eigenvalue weighted by molar-refractivity contribution is 5.02. The van der Waals surface area contributed by atoms with Gasteiger partial charge in [-0.05, 0) is 18.9 Å². The molecule has 2 heterocycles. The molecule has 1 aromatic heterocycles. The van der Waals surface area contributed by atoms with Crippen molar-refractivity contribution in [3.05, 3.63) is 18.0 Å². The lowest BCUT2D eigenvalue weighted by Gasteiger charge is -2.03. The highest BCUT2D eigenvalue weighted by atomic mass is 16.5. The van der Waals surface area contributed by atoms with E-state index in [9.17, 15) is 0 Å². The van der Waals surface area contributed by atoms with Gasteiger partial charge in [-0.25, -0.2) is 0 Å². The van der Waals surface area contributed by atoms with Gasteiger partial charge in [0.2, 0.25) is 0 Å². The fourth-order valence-electron chi connectivity index (χ4n) is 1.27. The monoisotopic (exact) mass is 138 g/mol. The number of aromatic nitrogens is 2. The molecule has 0 bridgehead atoms. The van der Waals surface area contributed by atoms with Gasteiger partial charge in [0.05, 0.1) is 11.8 Å². The molecule has 1 saturated heterocycles. The maximum absolute atomic E-state index is 5.43. The van der Waals surface area contributed by atoms with Gasteiger partial charge in [-0.3, -0.25) is 5.10 Å². The van der Waals surface area contributed by atoms with Crippen LogP contribution in [0.3, 0.4) is 0 Å². The summed E-state index contributed by atoms with van der Waals surface area (Å²) in [6.07, 6.45) is 4.34. The summed E-state index contributed by atoms with van der Waals surface area (Å²) in [6, 6.07) is 1.97. The average Bonchev–Trinajstić information content (AvgIpc) is 2.59. The number of rotatable bonds is 1. The van der Waals surface area contributed by atoms with E-state index in [0.29, 0.717) is 0 Å². The Bertz CT molecular complexity index is 189. The van der Waals surface area contributed by atoms with Crippen molar-refractivity contribution in [3.63, 3.8) is 0 Å². The third-order valence-corrected chi connectivity index (χ3v) is 1.80. The van der Waals surface area contributed by atoms with Crippen LogP contribution in [0.2, 0.25) is 0 Å². The lowest BCUT2D eigenvalue weighted by molar-refractivity contribution is 0.108. The van der Waals surface area contributed by atoms with E-state index < -0.39 is 0 Å². The van der Waals surface area contributed by atoms with Crippen LogP contribution in [0.5, 0.6) is 0 Å². The predicted octanol–water partition coefficient (Wildman–Crippen LogP) is 1.26. The number of H-pyrrole nitrogens is 1. The first kappa shape index (κ1) is 5.92. The Morgan fingerprint density at radius 3 is 3.30 bits per heavy atom. The number of nitrogens with zero attached hydrogens (tertiary/aromatic N) is 1. The molecule has 1 atom stereocenters. The number of nitrogens with one attached hydrogen (secondary N) is 1. The number of hydrogen-bond acceptors (Lipinski definition) is 2. The molecular formula is C7H10N2O. The smallest absolute Gasteiger partial charge is 0.0989 e. The van der Waals surface area contributed by atoms with E-state index >= 15 is 0 Å². The predicted molar refractivity (Wildman–Crippen MR) is 36.5 cm³/mol. The third-order valence-electron chi connectivity index (χ3n) is 1.80. The molecule has 1 aliphatic rings. The van der Waals surface area contributed by atoms with Crippen LogP contribution in [0.15, 0.2) is 12.3 Å². The van der Waals surface area contributed by atoms with Crippen molar-refractivity contribution >= 4 is 0 Å². The Morgan fingerprint density at radius 2 is 2.70 bits per heavy atom. The molecule has 1 aliphatic heterocycles. The fourth-order valence-corrected chi connectivity index (χ4v) is 1.27. The van der Waals surface area contributed by atoms with E-state index in [1.807, 2.05) is 6.07 Å². The van der Waals surface area contributed by atoms with E-state index in [1.54, 1.807) is 6.20 Å². The van der Waals surface area contributed by atoms with E-state index in [1.165, 1.54) is 6.42 Å². The van der Waals surface area contributed by atoms with Gasteiger partial charge < -0.3 is 4.74 Å². The normalized spacial score (nSPS) is 25.4. The standard InChI is InChI=1S/C7H10N2O/c1-2-7(10-5-1)6-3-4-8-9-6/h3-4,7H,1-2,5H2,(H,8,9)/t7-/m0/s1.